The summed E-state index contributed by atoms with van der Waals surface area (Å²) in [5.41, 5.74) is 3.24. The summed E-state index contributed by atoms with van der Waals surface area (Å²) >= 11 is 0. The highest BCUT2D eigenvalue weighted by Crippen LogP contribution is 2.41. The van der Waals surface area contributed by atoms with Crippen molar-refractivity contribution >= 4 is 48.8 Å². The number of nitrogens with zero attached hydrogens (tertiary/aromatic N) is 1. The number of hydrogen-bond donors (Lipinski definition) is 0. The molecule has 134 valence electrons. The summed E-state index contributed by atoms with van der Waals surface area (Å²) in [6, 6.07) is 25.9. The first-order valence-corrected chi connectivity index (χ1v) is 9.74. The lowest BCUT2D eigenvalue weighted by Crippen LogP contribution is -1.95. The summed E-state index contributed by atoms with van der Waals surface area (Å²) in [7, 11) is 0. The average molecular weight is 359 g/mol. The predicted octanol–water partition coefficient (Wildman–Crippen LogP) is 7.67. The van der Waals surface area contributed by atoms with Crippen LogP contribution in [0.15, 0.2) is 91.0 Å². The van der Waals surface area contributed by atoms with Gasteiger partial charge in [0.2, 0.25) is 0 Å². The van der Waals surface area contributed by atoms with Gasteiger partial charge in [0.15, 0.2) is 0 Å². The van der Waals surface area contributed by atoms with Crippen molar-refractivity contribution in [2.45, 2.75) is 13.8 Å². The second-order valence-corrected chi connectivity index (χ2v) is 7.06. The number of para-hydroxylation sites is 1. The second-order valence-electron chi connectivity index (χ2n) is 7.06. The Morgan fingerprint density at radius 1 is 0.643 bits per heavy atom. The Labute approximate surface area is 164 Å². The van der Waals surface area contributed by atoms with Crippen LogP contribution in [0.1, 0.15) is 19.5 Å². The minimum Gasteiger partial charge on any atom is -0.247 e. The molecule has 0 N–H and O–H groups in total. The zero-order chi connectivity index (χ0) is 19.1. The lowest BCUT2D eigenvalue weighted by Gasteiger charge is -2.16. The third kappa shape index (κ3) is 2.36. The van der Waals surface area contributed by atoms with Crippen LogP contribution in [0.5, 0.6) is 0 Å². The van der Waals surface area contributed by atoms with E-state index in [1.807, 2.05) is 0 Å². The molecule has 28 heavy (non-hydrogen) atoms. The molecule has 0 radical (unpaired) electrons. The summed E-state index contributed by atoms with van der Waals surface area (Å²) in [4.78, 5) is 5.13. The molecule has 5 aromatic rings. The third-order valence-corrected chi connectivity index (χ3v) is 5.51. The zero-order valence-corrected chi connectivity index (χ0v) is 16.1. The number of allylic oxidation sites excluding steroid dienone is 4. The maximum Gasteiger partial charge on any atom is 0.0791 e. The van der Waals surface area contributed by atoms with Gasteiger partial charge in [-0.05, 0) is 47.0 Å². The van der Waals surface area contributed by atoms with Crippen LogP contribution in [0.3, 0.4) is 0 Å². The van der Waals surface area contributed by atoms with Crippen LogP contribution in [0.4, 0.5) is 0 Å². The highest BCUT2D eigenvalue weighted by atomic mass is 14.7. The van der Waals surface area contributed by atoms with E-state index in [1.54, 1.807) is 0 Å². The first-order valence-electron chi connectivity index (χ1n) is 9.74. The molecular formula is C27H21N. The summed E-state index contributed by atoms with van der Waals surface area (Å²) in [5.74, 6) is 0. The zero-order valence-electron chi connectivity index (χ0n) is 16.1. The SMILES string of the molecule is C/C=C\C(=C/C)c1nc2ccccc2c2c3ccccc3c3ccccc3c12. The first kappa shape index (κ1) is 16.7. The fourth-order valence-corrected chi connectivity index (χ4v) is 4.33. The summed E-state index contributed by atoms with van der Waals surface area (Å²) in [5, 5.41) is 8.85. The highest BCUT2D eigenvalue weighted by Gasteiger charge is 2.16. The van der Waals surface area contributed by atoms with Gasteiger partial charge < -0.3 is 0 Å². The van der Waals surface area contributed by atoms with Crippen LogP contribution >= 0.6 is 0 Å². The molecule has 0 unspecified atom stereocenters. The largest absolute Gasteiger partial charge is 0.247 e. The smallest absolute Gasteiger partial charge is 0.0791 e. The van der Waals surface area contributed by atoms with Gasteiger partial charge in [0.25, 0.3) is 0 Å². The summed E-state index contributed by atoms with van der Waals surface area (Å²) in [6.07, 6.45) is 6.39. The van der Waals surface area contributed by atoms with Crippen molar-refractivity contribution in [1.29, 1.82) is 0 Å². The quantitative estimate of drug-likeness (QED) is 0.233. The predicted molar refractivity (Wildman–Crippen MR) is 123 cm³/mol. The topological polar surface area (TPSA) is 12.9 Å². The molecule has 1 aromatic heterocycles. The molecule has 0 saturated carbocycles. The van der Waals surface area contributed by atoms with Gasteiger partial charge in [-0.25, -0.2) is 4.98 Å². The van der Waals surface area contributed by atoms with Gasteiger partial charge in [-0.2, -0.15) is 0 Å². The van der Waals surface area contributed by atoms with Crippen molar-refractivity contribution in [3.05, 3.63) is 96.7 Å². The third-order valence-electron chi connectivity index (χ3n) is 5.51. The van der Waals surface area contributed by atoms with E-state index in [1.165, 1.54) is 37.7 Å². The van der Waals surface area contributed by atoms with Gasteiger partial charge >= 0.3 is 0 Å². The Morgan fingerprint density at radius 3 is 1.79 bits per heavy atom. The number of aromatic nitrogens is 1. The molecule has 0 fully saturated rings. The minimum absolute atomic E-state index is 1.04. The van der Waals surface area contributed by atoms with Crippen LogP contribution in [0, 0.1) is 0 Å². The fourth-order valence-electron chi connectivity index (χ4n) is 4.33. The monoisotopic (exact) mass is 359 g/mol. The molecule has 4 aromatic carbocycles. The Kier molecular flexibility index (Phi) is 3.95. The fraction of sp³-hybridized carbons (Fsp3) is 0.0741. The first-order chi connectivity index (χ1) is 13.8. The van der Waals surface area contributed by atoms with Gasteiger partial charge in [-0.3, -0.25) is 0 Å². The van der Waals surface area contributed by atoms with E-state index >= 15 is 0 Å². The molecule has 0 amide bonds. The molecule has 1 nitrogen and oxygen atoms in total. The van der Waals surface area contributed by atoms with Gasteiger partial charge in [-0.15, -0.1) is 0 Å². The van der Waals surface area contributed by atoms with Crippen LogP contribution < -0.4 is 0 Å². The number of pyridine rings is 1. The molecule has 0 aliphatic carbocycles. The number of fused-ring (bicyclic) bond motifs is 8. The molecule has 1 heterocycles. The molecule has 0 bridgehead atoms. The van der Waals surface area contributed by atoms with Gasteiger partial charge in [0.05, 0.1) is 11.2 Å². The molecule has 5 rings (SSSR count). The van der Waals surface area contributed by atoms with E-state index in [4.69, 9.17) is 4.98 Å². The van der Waals surface area contributed by atoms with Crippen LogP contribution in [-0.4, -0.2) is 4.98 Å². The van der Waals surface area contributed by atoms with E-state index in [0.717, 1.165) is 16.8 Å². The standard InChI is InChI=1S/C27H21N/c1-3-11-18(4-2)27-26-22-15-8-6-13-20(22)19-12-5-7-14-21(19)25(26)23-16-9-10-17-24(23)28-27/h3-17H,1-2H3/b11-3-,18-4+. The van der Waals surface area contributed by atoms with E-state index in [-0.39, 0.29) is 0 Å². The molecule has 0 saturated heterocycles. The van der Waals surface area contributed by atoms with E-state index in [9.17, 15) is 0 Å². The van der Waals surface area contributed by atoms with Crippen molar-refractivity contribution in [2.24, 2.45) is 0 Å². The molecular weight excluding hydrogens is 338 g/mol. The molecule has 0 atom stereocenters. The van der Waals surface area contributed by atoms with Crippen molar-refractivity contribution in [2.75, 3.05) is 0 Å². The van der Waals surface area contributed by atoms with Crippen molar-refractivity contribution in [1.82, 2.24) is 4.98 Å². The molecule has 0 aliphatic rings. The molecule has 0 aliphatic heterocycles. The Bertz CT molecular complexity index is 1420. The summed E-state index contributed by atoms with van der Waals surface area (Å²) in [6.45, 7) is 4.14. The normalized spacial score (nSPS) is 12.7. The molecule has 0 spiro atoms. The number of benzene rings is 4. The second kappa shape index (κ2) is 6.61. The highest BCUT2D eigenvalue weighted by molar-refractivity contribution is 6.32. The van der Waals surface area contributed by atoms with Crippen LogP contribution in [-0.2, 0) is 0 Å². The Balaban J connectivity index is 2.19. The minimum atomic E-state index is 1.04. The van der Waals surface area contributed by atoms with Gasteiger partial charge in [0.1, 0.15) is 0 Å². The van der Waals surface area contributed by atoms with Gasteiger partial charge in [-0.1, -0.05) is 85.0 Å². The van der Waals surface area contributed by atoms with Crippen molar-refractivity contribution < 1.29 is 0 Å². The van der Waals surface area contributed by atoms with Crippen molar-refractivity contribution in [3.63, 3.8) is 0 Å². The van der Waals surface area contributed by atoms with Gasteiger partial charge in [0, 0.05) is 16.2 Å². The molecule has 1 heteroatoms. The van der Waals surface area contributed by atoms with Crippen LogP contribution in [0.25, 0.3) is 48.8 Å². The summed E-state index contributed by atoms with van der Waals surface area (Å²) < 4.78 is 0. The maximum atomic E-state index is 5.13. The van der Waals surface area contributed by atoms with E-state index < -0.39 is 0 Å². The lowest BCUT2D eigenvalue weighted by molar-refractivity contribution is 1.38. The van der Waals surface area contributed by atoms with E-state index in [2.05, 4.69) is 105 Å². The number of hydrogen-bond acceptors (Lipinski definition) is 1. The van der Waals surface area contributed by atoms with Crippen molar-refractivity contribution in [3.8, 4) is 0 Å². The van der Waals surface area contributed by atoms with E-state index in [0.29, 0.717) is 0 Å². The Morgan fingerprint density at radius 2 is 1.18 bits per heavy atom. The average Bonchev–Trinajstić information content (AvgIpc) is 2.76. The maximum absolute atomic E-state index is 5.13. The number of rotatable bonds is 2. The van der Waals surface area contributed by atoms with Crippen LogP contribution in [0.2, 0.25) is 0 Å². The lowest BCUT2D eigenvalue weighted by atomic mass is 9.90. The Hall–Kier alpha value is -3.45.